The summed E-state index contributed by atoms with van der Waals surface area (Å²) in [6.45, 7) is 14.5. The highest BCUT2D eigenvalue weighted by molar-refractivity contribution is 5.60. The molecular weight excluding hydrogens is 270 g/mol. The van der Waals surface area contributed by atoms with Gasteiger partial charge in [-0.05, 0) is 43.1 Å². The van der Waals surface area contributed by atoms with E-state index >= 15 is 0 Å². The highest BCUT2D eigenvalue weighted by Crippen LogP contribution is 2.23. The molecule has 0 bridgehead atoms. The van der Waals surface area contributed by atoms with Crippen LogP contribution in [0.2, 0.25) is 0 Å². The molecule has 3 nitrogen and oxygen atoms in total. The fraction of sp³-hybridized carbons (Fsp3) is 0.368. The molecule has 0 aliphatic carbocycles. The molecule has 1 saturated heterocycles. The van der Waals surface area contributed by atoms with Crippen molar-refractivity contribution in [2.45, 2.75) is 25.4 Å². The highest BCUT2D eigenvalue weighted by atomic mass is 15.4. The van der Waals surface area contributed by atoms with Crippen LogP contribution in [0.15, 0.2) is 50.1 Å². The van der Waals surface area contributed by atoms with E-state index in [-0.39, 0.29) is 0 Å². The maximum atomic E-state index is 3.97. The lowest BCUT2D eigenvalue weighted by molar-refractivity contribution is 0.263. The Bertz CT molecular complexity index is 531. The highest BCUT2D eigenvalue weighted by Gasteiger charge is 2.16. The summed E-state index contributed by atoms with van der Waals surface area (Å²) >= 11 is 0. The number of nitrogens with zero attached hydrogens (tertiary/aromatic N) is 2. The van der Waals surface area contributed by atoms with E-state index in [9.17, 15) is 0 Å². The number of rotatable bonds is 9. The Labute approximate surface area is 134 Å². The molecule has 1 N–H and O–H groups in total. The molecule has 2 rings (SSSR count). The zero-order chi connectivity index (χ0) is 15.9. The van der Waals surface area contributed by atoms with Crippen LogP contribution in [-0.4, -0.2) is 31.3 Å². The number of hydrogen-bond donors (Lipinski definition) is 1. The molecule has 0 aromatic heterocycles. The van der Waals surface area contributed by atoms with E-state index in [1.807, 2.05) is 18.2 Å². The normalized spacial score (nSPS) is 15.3. The van der Waals surface area contributed by atoms with Gasteiger partial charge in [-0.25, -0.2) is 0 Å². The van der Waals surface area contributed by atoms with Crippen LogP contribution in [0.3, 0.4) is 0 Å². The molecule has 1 atom stereocenters. The van der Waals surface area contributed by atoms with Crippen LogP contribution in [0.4, 0.5) is 5.69 Å². The first-order valence-corrected chi connectivity index (χ1v) is 7.84. The molecule has 3 heteroatoms. The lowest BCUT2D eigenvalue weighted by Crippen LogP contribution is -2.52. The van der Waals surface area contributed by atoms with Gasteiger partial charge in [0.1, 0.15) is 0 Å². The second-order valence-electron chi connectivity index (χ2n) is 5.78. The van der Waals surface area contributed by atoms with Crippen LogP contribution in [0.5, 0.6) is 0 Å². The topological polar surface area (TPSA) is 18.5 Å². The fourth-order valence-electron chi connectivity index (χ4n) is 2.72. The van der Waals surface area contributed by atoms with Gasteiger partial charge in [-0.2, -0.15) is 0 Å². The van der Waals surface area contributed by atoms with Crippen LogP contribution < -0.4 is 10.2 Å². The van der Waals surface area contributed by atoms with Crippen LogP contribution in [-0.2, 0) is 6.54 Å². The Morgan fingerprint density at radius 2 is 2.09 bits per heavy atom. The van der Waals surface area contributed by atoms with Crippen molar-refractivity contribution >= 4 is 11.8 Å². The standard InChI is InChI=1S/C19H27N3/c1-5-8-9-18(7-3)21(4)13-17-12-19(22-14-20-15-22)11-10-16(17)6-2/h5-7,10-12,18,20H,1-3,8-9,13-15H2,4H3. The molecule has 118 valence electrons. The first-order chi connectivity index (χ1) is 10.7. The van der Waals surface area contributed by atoms with Gasteiger partial charge in [0.15, 0.2) is 0 Å². The zero-order valence-corrected chi connectivity index (χ0v) is 13.6. The van der Waals surface area contributed by atoms with Crippen molar-refractivity contribution in [2.75, 3.05) is 25.3 Å². The average Bonchev–Trinajstić information content (AvgIpc) is 2.46. The predicted molar refractivity (Wildman–Crippen MR) is 96.8 cm³/mol. The number of hydrogen-bond acceptors (Lipinski definition) is 3. The minimum Gasteiger partial charge on any atom is -0.346 e. The molecule has 0 radical (unpaired) electrons. The van der Waals surface area contributed by atoms with E-state index < -0.39 is 0 Å². The fourth-order valence-corrected chi connectivity index (χ4v) is 2.72. The molecule has 1 aromatic rings. The van der Waals surface area contributed by atoms with E-state index in [2.05, 4.69) is 60.1 Å². The van der Waals surface area contributed by atoms with E-state index in [0.717, 1.165) is 32.7 Å². The van der Waals surface area contributed by atoms with Gasteiger partial charge in [-0.3, -0.25) is 10.2 Å². The van der Waals surface area contributed by atoms with Gasteiger partial charge in [0.25, 0.3) is 0 Å². The Morgan fingerprint density at radius 3 is 2.64 bits per heavy atom. The first kappa shape index (κ1) is 16.5. The zero-order valence-electron chi connectivity index (χ0n) is 13.6. The van der Waals surface area contributed by atoms with E-state index in [4.69, 9.17) is 0 Å². The van der Waals surface area contributed by atoms with Gasteiger partial charge >= 0.3 is 0 Å². The lowest BCUT2D eigenvalue weighted by atomic mass is 10.0. The summed E-state index contributed by atoms with van der Waals surface area (Å²) < 4.78 is 0. The van der Waals surface area contributed by atoms with Gasteiger partial charge < -0.3 is 4.90 Å². The third-order valence-electron chi connectivity index (χ3n) is 4.24. The number of nitrogens with one attached hydrogen (secondary N) is 1. The minimum absolute atomic E-state index is 0.366. The Morgan fingerprint density at radius 1 is 1.32 bits per heavy atom. The summed E-state index contributed by atoms with van der Waals surface area (Å²) in [5, 5.41) is 3.27. The molecule has 1 fully saturated rings. The lowest BCUT2D eigenvalue weighted by Gasteiger charge is -2.35. The van der Waals surface area contributed by atoms with Crippen molar-refractivity contribution in [1.29, 1.82) is 0 Å². The molecule has 1 unspecified atom stereocenters. The van der Waals surface area contributed by atoms with E-state index in [1.165, 1.54) is 16.8 Å². The number of benzene rings is 1. The molecule has 0 spiro atoms. The second-order valence-corrected chi connectivity index (χ2v) is 5.78. The van der Waals surface area contributed by atoms with Crippen LogP contribution in [0.1, 0.15) is 24.0 Å². The molecule has 1 aromatic carbocycles. The summed E-state index contributed by atoms with van der Waals surface area (Å²) in [6.07, 6.45) is 8.00. The molecule has 1 aliphatic heterocycles. The Kier molecular flexibility index (Phi) is 5.99. The van der Waals surface area contributed by atoms with Crippen molar-refractivity contribution in [1.82, 2.24) is 10.2 Å². The van der Waals surface area contributed by atoms with Crippen LogP contribution in [0.25, 0.3) is 6.08 Å². The molecule has 0 saturated carbocycles. The third kappa shape index (κ3) is 3.87. The number of likely N-dealkylation sites (N-methyl/N-ethyl adjacent to an activating group) is 1. The summed E-state index contributed by atoms with van der Waals surface area (Å²) in [5.41, 5.74) is 3.79. The van der Waals surface area contributed by atoms with Crippen molar-refractivity contribution in [3.8, 4) is 0 Å². The smallest absolute Gasteiger partial charge is 0.0708 e. The van der Waals surface area contributed by atoms with Crippen molar-refractivity contribution in [3.63, 3.8) is 0 Å². The van der Waals surface area contributed by atoms with Gasteiger partial charge in [0.2, 0.25) is 0 Å². The number of allylic oxidation sites excluding steroid dienone is 1. The predicted octanol–water partition coefficient (Wildman–Crippen LogP) is 3.61. The summed E-state index contributed by atoms with van der Waals surface area (Å²) in [5.74, 6) is 0. The summed E-state index contributed by atoms with van der Waals surface area (Å²) in [7, 11) is 2.15. The molecule has 1 aliphatic rings. The van der Waals surface area contributed by atoms with E-state index in [0.29, 0.717) is 6.04 Å². The minimum atomic E-state index is 0.366. The van der Waals surface area contributed by atoms with Crippen molar-refractivity contribution < 1.29 is 0 Å². The quantitative estimate of drug-likeness (QED) is 0.703. The van der Waals surface area contributed by atoms with Crippen molar-refractivity contribution in [3.05, 3.63) is 61.2 Å². The number of anilines is 1. The third-order valence-corrected chi connectivity index (χ3v) is 4.24. The maximum Gasteiger partial charge on any atom is 0.0708 e. The Hall–Kier alpha value is -1.84. The van der Waals surface area contributed by atoms with Gasteiger partial charge in [0.05, 0.1) is 13.3 Å². The molecular formula is C19H27N3. The van der Waals surface area contributed by atoms with Crippen LogP contribution >= 0.6 is 0 Å². The SMILES string of the molecule is C=CCCC(C=C)N(C)Cc1cc(N2CNC2)ccc1C=C. The molecule has 22 heavy (non-hydrogen) atoms. The monoisotopic (exact) mass is 297 g/mol. The van der Waals surface area contributed by atoms with Gasteiger partial charge in [-0.1, -0.05) is 30.9 Å². The van der Waals surface area contributed by atoms with Gasteiger partial charge in [-0.15, -0.1) is 13.2 Å². The first-order valence-electron chi connectivity index (χ1n) is 7.84. The van der Waals surface area contributed by atoms with Crippen molar-refractivity contribution in [2.24, 2.45) is 0 Å². The second kappa shape index (κ2) is 7.97. The summed E-state index contributed by atoms with van der Waals surface area (Å²) in [4.78, 5) is 4.66. The summed E-state index contributed by atoms with van der Waals surface area (Å²) in [6, 6.07) is 6.98. The van der Waals surface area contributed by atoms with Crippen LogP contribution in [0, 0.1) is 0 Å². The van der Waals surface area contributed by atoms with Gasteiger partial charge in [0, 0.05) is 18.3 Å². The Balaban J connectivity index is 2.13. The molecule has 1 heterocycles. The largest absolute Gasteiger partial charge is 0.346 e. The molecule has 0 amide bonds. The maximum absolute atomic E-state index is 3.97. The van der Waals surface area contributed by atoms with E-state index in [1.54, 1.807) is 0 Å². The average molecular weight is 297 g/mol.